The van der Waals surface area contributed by atoms with Gasteiger partial charge in [-0.2, -0.15) is 0 Å². The first-order valence-electron chi connectivity index (χ1n) is 4.24. The van der Waals surface area contributed by atoms with Crippen LogP contribution in [0.2, 0.25) is 0 Å². The monoisotopic (exact) mass is 177 g/mol. The van der Waals surface area contributed by atoms with Crippen molar-refractivity contribution in [2.24, 2.45) is 5.73 Å². The van der Waals surface area contributed by atoms with Crippen LogP contribution in [-0.2, 0) is 0 Å². The Morgan fingerprint density at radius 2 is 2.15 bits per heavy atom. The second-order valence-electron chi connectivity index (χ2n) is 3.31. The van der Waals surface area contributed by atoms with Crippen molar-refractivity contribution in [2.45, 2.75) is 18.8 Å². The van der Waals surface area contributed by atoms with Gasteiger partial charge in [-0.05, 0) is 25.0 Å². The van der Waals surface area contributed by atoms with Crippen molar-refractivity contribution in [1.82, 2.24) is 4.98 Å². The minimum absolute atomic E-state index is 0.199. The summed E-state index contributed by atoms with van der Waals surface area (Å²) in [6.07, 6.45) is 2.30. The number of pyridine rings is 1. The molecule has 0 radical (unpaired) electrons. The van der Waals surface area contributed by atoms with Gasteiger partial charge in [-0.25, -0.2) is 4.98 Å². The van der Waals surface area contributed by atoms with Gasteiger partial charge < -0.3 is 11.5 Å². The van der Waals surface area contributed by atoms with Crippen LogP contribution in [0.1, 0.15) is 34.9 Å². The van der Waals surface area contributed by atoms with Crippen molar-refractivity contribution in [3.63, 3.8) is 0 Å². The Hall–Kier alpha value is -1.58. The van der Waals surface area contributed by atoms with E-state index in [0.717, 1.165) is 18.5 Å². The van der Waals surface area contributed by atoms with Crippen LogP contribution in [-0.4, -0.2) is 10.9 Å². The summed E-state index contributed by atoms with van der Waals surface area (Å²) in [6, 6.07) is 3.56. The number of rotatable bonds is 2. The van der Waals surface area contributed by atoms with Crippen LogP contribution in [0, 0.1) is 0 Å². The van der Waals surface area contributed by atoms with Gasteiger partial charge in [-0.15, -0.1) is 0 Å². The Morgan fingerprint density at radius 3 is 2.69 bits per heavy atom. The molecule has 1 aromatic heterocycles. The smallest absolute Gasteiger partial charge is 0.269 e. The largest absolute Gasteiger partial charge is 0.397 e. The standard InChI is InChI=1S/C9H11N3O/c10-6-3-4-7(5-1-2-5)12-8(6)9(11)13/h3-5H,1-2,10H2,(H2,11,13). The van der Waals surface area contributed by atoms with Crippen LogP contribution in [0.15, 0.2) is 12.1 Å². The molecule has 0 spiro atoms. The maximum Gasteiger partial charge on any atom is 0.269 e. The number of nitrogen functional groups attached to an aromatic ring is 1. The summed E-state index contributed by atoms with van der Waals surface area (Å²) in [5.41, 5.74) is 12.2. The number of amides is 1. The van der Waals surface area contributed by atoms with Gasteiger partial charge in [0.05, 0.1) is 5.69 Å². The second kappa shape index (κ2) is 2.73. The van der Waals surface area contributed by atoms with Crippen LogP contribution >= 0.6 is 0 Å². The average Bonchev–Trinajstić information content (AvgIpc) is 2.87. The summed E-state index contributed by atoms with van der Waals surface area (Å²) in [5.74, 6) is -0.0429. The first-order valence-corrected chi connectivity index (χ1v) is 4.24. The van der Waals surface area contributed by atoms with E-state index in [-0.39, 0.29) is 5.69 Å². The summed E-state index contributed by atoms with van der Waals surface area (Å²) in [6.45, 7) is 0. The van der Waals surface area contributed by atoms with E-state index in [1.807, 2.05) is 6.07 Å². The summed E-state index contributed by atoms with van der Waals surface area (Å²) in [7, 11) is 0. The predicted octanol–water partition coefficient (Wildman–Crippen LogP) is 0.640. The van der Waals surface area contributed by atoms with E-state index in [1.165, 1.54) is 0 Å². The number of aromatic nitrogens is 1. The van der Waals surface area contributed by atoms with E-state index in [2.05, 4.69) is 4.98 Å². The van der Waals surface area contributed by atoms with Gasteiger partial charge >= 0.3 is 0 Å². The van der Waals surface area contributed by atoms with Gasteiger partial charge in [0.25, 0.3) is 5.91 Å². The highest BCUT2D eigenvalue weighted by Gasteiger charge is 2.25. The third-order valence-electron chi connectivity index (χ3n) is 2.18. The molecule has 4 heteroatoms. The van der Waals surface area contributed by atoms with Crippen molar-refractivity contribution in [1.29, 1.82) is 0 Å². The second-order valence-corrected chi connectivity index (χ2v) is 3.31. The molecule has 0 aliphatic heterocycles. The van der Waals surface area contributed by atoms with Crippen molar-refractivity contribution in [2.75, 3.05) is 5.73 Å². The number of nitrogens with zero attached hydrogens (tertiary/aromatic N) is 1. The van der Waals surface area contributed by atoms with E-state index >= 15 is 0 Å². The minimum atomic E-state index is -0.556. The van der Waals surface area contributed by atoms with E-state index in [9.17, 15) is 4.79 Å². The Bertz CT molecular complexity index is 358. The van der Waals surface area contributed by atoms with Gasteiger partial charge in [-0.1, -0.05) is 0 Å². The molecule has 0 atom stereocenters. The Morgan fingerprint density at radius 1 is 1.46 bits per heavy atom. The molecule has 0 unspecified atom stereocenters. The zero-order chi connectivity index (χ0) is 9.42. The summed E-state index contributed by atoms with van der Waals surface area (Å²) in [5, 5.41) is 0. The summed E-state index contributed by atoms with van der Waals surface area (Å²) in [4.78, 5) is 15.0. The minimum Gasteiger partial charge on any atom is -0.397 e. The maximum atomic E-state index is 10.9. The molecule has 0 saturated heterocycles. The van der Waals surface area contributed by atoms with E-state index < -0.39 is 5.91 Å². The van der Waals surface area contributed by atoms with Crippen molar-refractivity contribution >= 4 is 11.6 Å². The molecule has 1 aromatic rings. The molecule has 0 bridgehead atoms. The lowest BCUT2D eigenvalue weighted by atomic mass is 10.2. The first kappa shape index (κ1) is 8.04. The lowest BCUT2D eigenvalue weighted by Gasteiger charge is -2.02. The number of primary amides is 1. The number of nitrogens with two attached hydrogens (primary N) is 2. The molecule has 1 aliphatic carbocycles. The van der Waals surface area contributed by atoms with Crippen molar-refractivity contribution in [3.05, 3.63) is 23.5 Å². The van der Waals surface area contributed by atoms with Crippen LogP contribution in [0.4, 0.5) is 5.69 Å². The third-order valence-corrected chi connectivity index (χ3v) is 2.18. The quantitative estimate of drug-likeness (QED) is 0.695. The van der Waals surface area contributed by atoms with E-state index in [4.69, 9.17) is 11.5 Å². The fourth-order valence-electron chi connectivity index (χ4n) is 1.29. The molecule has 4 nitrogen and oxygen atoms in total. The fourth-order valence-corrected chi connectivity index (χ4v) is 1.29. The number of carbonyl (C=O) groups is 1. The van der Waals surface area contributed by atoms with Gasteiger partial charge in [-0.3, -0.25) is 4.79 Å². The van der Waals surface area contributed by atoms with Crippen molar-refractivity contribution < 1.29 is 4.79 Å². The zero-order valence-electron chi connectivity index (χ0n) is 7.16. The van der Waals surface area contributed by atoms with Gasteiger partial charge in [0.2, 0.25) is 0 Å². The molecule has 2 rings (SSSR count). The molecule has 0 aromatic carbocycles. The molecule has 68 valence electrons. The molecule has 1 saturated carbocycles. The molecule has 1 aliphatic rings. The normalized spacial score (nSPS) is 15.7. The SMILES string of the molecule is NC(=O)c1nc(C2CC2)ccc1N. The highest BCUT2D eigenvalue weighted by atomic mass is 16.1. The molecule has 1 amide bonds. The number of hydrogen-bond donors (Lipinski definition) is 2. The molecule has 1 fully saturated rings. The predicted molar refractivity (Wildman–Crippen MR) is 49.1 cm³/mol. The number of carbonyl (C=O) groups excluding carboxylic acids is 1. The molecular weight excluding hydrogens is 166 g/mol. The first-order chi connectivity index (χ1) is 6.18. The average molecular weight is 177 g/mol. The zero-order valence-corrected chi connectivity index (χ0v) is 7.16. The Kier molecular flexibility index (Phi) is 1.69. The highest BCUT2D eigenvalue weighted by Crippen LogP contribution is 2.39. The number of anilines is 1. The van der Waals surface area contributed by atoms with Gasteiger partial charge in [0.1, 0.15) is 0 Å². The lowest BCUT2D eigenvalue weighted by Crippen LogP contribution is -2.16. The summed E-state index contributed by atoms with van der Waals surface area (Å²) >= 11 is 0. The molecule has 1 heterocycles. The van der Waals surface area contributed by atoms with Gasteiger partial charge in [0, 0.05) is 11.6 Å². The highest BCUT2D eigenvalue weighted by molar-refractivity contribution is 5.95. The maximum absolute atomic E-state index is 10.9. The third kappa shape index (κ3) is 1.47. The van der Waals surface area contributed by atoms with Crippen LogP contribution in [0.3, 0.4) is 0 Å². The van der Waals surface area contributed by atoms with Crippen LogP contribution in [0.25, 0.3) is 0 Å². The topological polar surface area (TPSA) is 82.0 Å². The van der Waals surface area contributed by atoms with Gasteiger partial charge in [0.15, 0.2) is 5.69 Å². The van der Waals surface area contributed by atoms with E-state index in [0.29, 0.717) is 11.6 Å². The van der Waals surface area contributed by atoms with E-state index in [1.54, 1.807) is 6.07 Å². The molecule has 4 N–H and O–H groups in total. The fraction of sp³-hybridized carbons (Fsp3) is 0.333. The number of hydrogen-bond acceptors (Lipinski definition) is 3. The summed E-state index contributed by atoms with van der Waals surface area (Å²) < 4.78 is 0. The Labute approximate surface area is 75.9 Å². The van der Waals surface area contributed by atoms with Crippen molar-refractivity contribution in [3.8, 4) is 0 Å². The molecular formula is C9H11N3O. The van der Waals surface area contributed by atoms with Crippen LogP contribution in [0.5, 0.6) is 0 Å². The Balaban J connectivity index is 2.41. The lowest BCUT2D eigenvalue weighted by molar-refractivity contribution is 0.0996. The van der Waals surface area contributed by atoms with Crippen LogP contribution < -0.4 is 11.5 Å². The molecule has 13 heavy (non-hydrogen) atoms.